The molecule has 0 radical (unpaired) electrons. The van der Waals surface area contributed by atoms with E-state index in [1.54, 1.807) is 12.1 Å². The molecule has 0 aliphatic heterocycles. The van der Waals surface area contributed by atoms with Crippen LogP contribution in [0.2, 0.25) is 5.02 Å². The topological polar surface area (TPSA) is 54.4 Å². The Bertz CT molecular complexity index is 662. The molecule has 2 aromatic rings. The molecule has 0 unspecified atom stereocenters. The summed E-state index contributed by atoms with van der Waals surface area (Å²) in [5.74, 6) is 0.0160. The average Bonchev–Trinajstić information content (AvgIpc) is 2.95. The smallest absolute Gasteiger partial charge is 0.265 e. The van der Waals surface area contributed by atoms with E-state index in [4.69, 9.17) is 11.6 Å². The molecule has 0 spiro atoms. The number of hydrogen-bond donors (Lipinski definition) is 1. The van der Waals surface area contributed by atoms with Gasteiger partial charge in [0.2, 0.25) is 0 Å². The molecule has 4 nitrogen and oxygen atoms in total. The van der Waals surface area contributed by atoms with Gasteiger partial charge in [-0.25, -0.2) is 10.4 Å². The van der Waals surface area contributed by atoms with E-state index in [0.29, 0.717) is 21.7 Å². The Hall–Kier alpha value is -1.72. The van der Waals surface area contributed by atoms with Crippen molar-refractivity contribution in [3.8, 4) is 0 Å². The molecular formula is C15H16ClN3OS. The number of nitrogens with zero attached hydrogens (tertiary/aromatic N) is 2. The van der Waals surface area contributed by atoms with Gasteiger partial charge >= 0.3 is 0 Å². The molecule has 1 N–H and O–H groups in total. The Kier molecular flexibility index (Phi) is 5.09. The number of carbonyl (C=O) groups excluding carboxylic acids is 1. The molecule has 0 fully saturated rings. The minimum atomic E-state index is -0.291. The van der Waals surface area contributed by atoms with Crippen LogP contribution in [0.25, 0.3) is 0 Å². The first kappa shape index (κ1) is 15.7. The number of halogens is 1. The van der Waals surface area contributed by atoms with Gasteiger partial charge in [-0.2, -0.15) is 5.10 Å². The number of carbonyl (C=O) groups is 1. The number of amides is 1. The quantitative estimate of drug-likeness (QED) is 0.681. The number of nitrogens with one attached hydrogen (secondary N) is 1. The molecule has 0 atom stereocenters. The minimum absolute atomic E-state index is 0.291. The number of rotatable bonds is 4. The number of hydrogen-bond acceptors (Lipinski definition) is 4. The molecule has 110 valence electrons. The van der Waals surface area contributed by atoms with Crippen molar-refractivity contribution in [1.82, 2.24) is 10.4 Å². The predicted molar refractivity (Wildman–Crippen MR) is 87.3 cm³/mol. The highest BCUT2D eigenvalue weighted by Crippen LogP contribution is 2.17. The highest BCUT2D eigenvalue weighted by Gasteiger charge is 2.12. The van der Waals surface area contributed by atoms with Crippen LogP contribution in [-0.2, 0) is 0 Å². The van der Waals surface area contributed by atoms with Crippen LogP contribution in [0.3, 0.4) is 0 Å². The summed E-state index contributed by atoms with van der Waals surface area (Å²) in [5.41, 5.74) is 5.06. The van der Waals surface area contributed by atoms with Crippen molar-refractivity contribution < 1.29 is 4.79 Å². The monoisotopic (exact) mass is 321 g/mol. The highest BCUT2D eigenvalue weighted by molar-refractivity contribution is 7.11. The normalized spacial score (nSPS) is 11.8. The van der Waals surface area contributed by atoms with E-state index in [9.17, 15) is 4.79 Å². The standard InChI is InChI=1S/C15H16ClN3OS/c1-9(2)13-8-21-15(17-13)14(20)19-18-10(3)11-4-6-12(16)7-5-11/h4-9H,1-3H3,(H,19,20)/b18-10+. The van der Waals surface area contributed by atoms with Crippen LogP contribution in [0.4, 0.5) is 0 Å². The Morgan fingerprint density at radius 2 is 2.00 bits per heavy atom. The molecule has 0 saturated carbocycles. The van der Waals surface area contributed by atoms with Gasteiger partial charge in [0.1, 0.15) is 0 Å². The summed E-state index contributed by atoms with van der Waals surface area (Å²) in [6.45, 7) is 5.91. The number of hydrazone groups is 1. The summed E-state index contributed by atoms with van der Waals surface area (Å²) >= 11 is 7.16. The maximum atomic E-state index is 12.0. The number of thiazole rings is 1. The summed E-state index contributed by atoms with van der Waals surface area (Å²) in [6.07, 6.45) is 0. The van der Waals surface area contributed by atoms with Crippen molar-refractivity contribution in [2.75, 3.05) is 0 Å². The SMILES string of the molecule is C/C(=N\NC(=O)c1nc(C(C)C)cs1)c1ccc(Cl)cc1. The molecule has 0 aliphatic carbocycles. The van der Waals surface area contributed by atoms with E-state index in [1.165, 1.54) is 11.3 Å². The Morgan fingerprint density at radius 1 is 1.33 bits per heavy atom. The van der Waals surface area contributed by atoms with Crippen LogP contribution >= 0.6 is 22.9 Å². The zero-order valence-electron chi connectivity index (χ0n) is 12.1. The van der Waals surface area contributed by atoms with E-state index in [0.717, 1.165) is 11.3 Å². The molecule has 0 bridgehead atoms. The van der Waals surface area contributed by atoms with Gasteiger partial charge < -0.3 is 0 Å². The molecule has 0 saturated heterocycles. The third-order valence-corrected chi connectivity index (χ3v) is 4.01. The van der Waals surface area contributed by atoms with Crippen LogP contribution in [0.15, 0.2) is 34.7 Å². The largest absolute Gasteiger partial charge is 0.300 e. The lowest BCUT2D eigenvalue weighted by atomic mass is 10.1. The molecule has 1 amide bonds. The molecule has 21 heavy (non-hydrogen) atoms. The van der Waals surface area contributed by atoms with E-state index < -0.39 is 0 Å². The van der Waals surface area contributed by atoms with E-state index in [1.807, 2.05) is 38.3 Å². The van der Waals surface area contributed by atoms with Crippen LogP contribution in [0, 0.1) is 0 Å². The van der Waals surface area contributed by atoms with Gasteiger partial charge in [-0.15, -0.1) is 11.3 Å². The van der Waals surface area contributed by atoms with Gasteiger partial charge in [0.15, 0.2) is 5.01 Å². The van der Waals surface area contributed by atoms with Gasteiger partial charge in [-0.3, -0.25) is 4.79 Å². The average molecular weight is 322 g/mol. The van der Waals surface area contributed by atoms with Gasteiger partial charge in [-0.05, 0) is 30.5 Å². The summed E-state index contributed by atoms with van der Waals surface area (Å²) in [5, 5.41) is 7.08. The van der Waals surface area contributed by atoms with Crippen molar-refractivity contribution in [1.29, 1.82) is 0 Å². The molecule has 1 aromatic heterocycles. The van der Waals surface area contributed by atoms with E-state index >= 15 is 0 Å². The summed E-state index contributed by atoms with van der Waals surface area (Å²) in [7, 11) is 0. The summed E-state index contributed by atoms with van der Waals surface area (Å²) in [6, 6.07) is 7.28. The van der Waals surface area contributed by atoms with Crippen molar-refractivity contribution in [3.05, 3.63) is 50.9 Å². The highest BCUT2D eigenvalue weighted by atomic mass is 35.5. The van der Waals surface area contributed by atoms with Gasteiger partial charge in [-0.1, -0.05) is 37.6 Å². The van der Waals surface area contributed by atoms with Crippen molar-refractivity contribution >= 4 is 34.6 Å². The molecular weight excluding hydrogens is 306 g/mol. The molecule has 1 aromatic carbocycles. The van der Waals surface area contributed by atoms with Crippen molar-refractivity contribution in [3.63, 3.8) is 0 Å². The Morgan fingerprint density at radius 3 is 2.57 bits per heavy atom. The van der Waals surface area contributed by atoms with E-state index in [-0.39, 0.29) is 5.91 Å². The van der Waals surface area contributed by atoms with Crippen LogP contribution in [0.5, 0.6) is 0 Å². The van der Waals surface area contributed by atoms with Gasteiger partial charge in [0.25, 0.3) is 5.91 Å². The second kappa shape index (κ2) is 6.83. The minimum Gasteiger partial charge on any atom is -0.265 e. The lowest BCUT2D eigenvalue weighted by molar-refractivity contribution is 0.0954. The zero-order chi connectivity index (χ0) is 15.4. The second-order valence-corrected chi connectivity index (χ2v) is 6.17. The van der Waals surface area contributed by atoms with Gasteiger partial charge in [0, 0.05) is 10.4 Å². The maximum absolute atomic E-state index is 12.0. The first-order valence-electron chi connectivity index (χ1n) is 6.53. The van der Waals surface area contributed by atoms with Crippen LogP contribution < -0.4 is 5.43 Å². The zero-order valence-corrected chi connectivity index (χ0v) is 13.6. The first-order valence-corrected chi connectivity index (χ1v) is 7.79. The molecule has 0 aliphatic rings. The predicted octanol–water partition coefficient (Wildman–Crippen LogP) is 4.07. The summed E-state index contributed by atoms with van der Waals surface area (Å²) < 4.78 is 0. The Labute approximate surface area is 132 Å². The van der Waals surface area contributed by atoms with Gasteiger partial charge in [0.05, 0.1) is 11.4 Å². The number of aromatic nitrogens is 1. The first-order chi connectivity index (χ1) is 9.97. The molecule has 1 heterocycles. The fraction of sp³-hybridized carbons (Fsp3) is 0.267. The van der Waals surface area contributed by atoms with Crippen molar-refractivity contribution in [2.24, 2.45) is 5.10 Å². The second-order valence-electron chi connectivity index (χ2n) is 4.88. The van der Waals surface area contributed by atoms with Crippen molar-refractivity contribution in [2.45, 2.75) is 26.7 Å². The lowest BCUT2D eigenvalue weighted by Crippen LogP contribution is -2.19. The van der Waals surface area contributed by atoms with E-state index in [2.05, 4.69) is 15.5 Å². The van der Waals surface area contributed by atoms with Crippen LogP contribution in [0.1, 0.15) is 47.7 Å². The fourth-order valence-electron chi connectivity index (χ4n) is 1.59. The lowest BCUT2D eigenvalue weighted by Gasteiger charge is -2.02. The fourth-order valence-corrected chi connectivity index (χ4v) is 2.59. The van der Waals surface area contributed by atoms with Crippen LogP contribution in [-0.4, -0.2) is 16.6 Å². The molecule has 2 rings (SSSR count). The molecule has 6 heteroatoms. The third-order valence-electron chi connectivity index (χ3n) is 2.89. The maximum Gasteiger partial charge on any atom is 0.300 e. The Balaban J connectivity index is 2.05. The summed E-state index contributed by atoms with van der Waals surface area (Å²) in [4.78, 5) is 16.3. The number of benzene rings is 1. The third kappa shape index (κ3) is 4.12.